The van der Waals surface area contributed by atoms with Gasteiger partial charge >= 0.3 is 5.97 Å². The van der Waals surface area contributed by atoms with Crippen LogP contribution in [0, 0.1) is 0 Å². The molecule has 2 aliphatic rings. The Morgan fingerprint density at radius 1 is 1.34 bits per heavy atom. The standard InChI is InChI=1S/C18H17N3O6S2/c1-2-24-16(23)8-15-21(14(22)9-29-15)5-6-28-18-20-19-17(27-18)11-3-4-12-13(7-11)26-10-25-12/h3-4,7-8H,2,5-6,9-10H2,1H3/b15-8+. The molecule has 0 unspecified atom stereocenters. The predicted octanol–water partition coefficient (Wildman–Crippen LogP) is 2.54. The highest BCUT2D eigenvalue weighted by atomic mass is 32.2. The van der Waals surface area contributed by atoms with Crippen molar-refractivity contribution in [1.29, 1.82) is 0 Å². The summed E-state index contributed by atoms with van der Waals surface area (Å²) in [6, 6.07) is 5.40. The fourth-order valence-electron chi connectivity index (χ4n) is 2.69. The largest absolute Gasteiger partial charge is 0.463 e. The molecule has 0 N–H and O–H groups in total. The van der Waals surface area contributed by atoms with Crippen LogP contribution in [0.2, 0.25) is 0 Å². The Morgan fingerprint density at radius 2 is 2.21 bits per heavy atom. The molecule has 1 fully saturated rings. The summed E-state index contributed by atoms with van der Waals surface area (Å²) >= 11 is 2.66. The molecule has 2 aromatic rings. The summed E-state index contributed by atoms with van der Waals surface area (Å²) in [7, 11) is 0. The van der Waals surface area contributed by atoms with Crippen molar-refractivity contribution in [2.45, 2.75) is 12.1 Å². The molecule has 0 radical (unpaired) electrons. The molecule has 11 heteroatoms. The number of benzene rings is 1. The van der Waals surface area contributed by atoms with Crippen LogP contribution in [-0.4, -0.2) is 58.4 Å². The molecule has 0 bridgehead atoms. The van der Waals surface area contributed by atoms with Gasteiger partial charge in [-0.05, 0) is 25.1 Å². The van der Waals surface area contributed by atoms with E-state index in [0.717, 1.165) is 5.56 Å². The van der Waals surface area contributed by atoms with Crippen molar-refractivity contribution >= 4 is 35.4 Å². The van der Waals surface area contributed by atoms with Crippen molar-refractivity contribution in [3.63, 3.8) is 0 Å². The number of carbonyl (C=O) groups excluding carboxylic acids is 2. The van der Waals surface area contributed by atoms with Crippen LogP contribution in [-0.2, 0) is 14.3 Å². The average Bonchev–Trinajstić information content (AvgIpc) is 3.43. The normalized spacial score (nSPS) is 16.7. The summed E-state index contributed by atoms with van der Waals surface area (Å²) in [6.07, 6.45) is 1.36. The van der Waals surface area contributed by atoms with Crippen molar-refractivity contribution in [3.8, 4) is 23.0 Å². The highest BCUT2D eigenvalue weighted by molar-refractivity contribution is 8.04. The van der Waals surface area contributed by atoms with Gasteiger partial charge in [0, 0.05) is 17.9 Å². The number of hydrogen-bond acceptors (Lipinski definition) is 10. The van der Waals surface area contributed by atoms with Gasteiger partial charge in [0.1, 0.15) is 0 Å². The predicted molar refractivity (Wildman–Crippen MR) is 105 cm³/mol. The van der Waals surface area contributed by atoms with Gasteiger partial charge in [0.25, 0.3) is 5.22 Å². The van der Waals surface area contributed by atoms with E-state index in [2.05, 4.69) is 10.2 Å². The molecule has 1 aromatic carbocycles. The Morgan fingerprint density at radius 3 is 3.07 bits per heavy atom. The van der Waals surface area contributed by atoms with E-state index in [-0.39, 0.29) is 12.7 Å². The number of hydrogen-bond donors (Lipinski definition) is 0. The van der Waals surface area contributed by atoms with Crippen molar-refractivity contribution in [2.75, 3.05) is 31.5 Å². The summed E-state index contributed by atoms with van der Waals surface area (Å²) in [6.45, 7) is 2.65. The van der Waals surface area contributed by atoms with Gasteiger partial charge < -0.3 is 23.5 Å². The van der Waals surface area contributed by atoms with E-state index < -0.39 is 5.97 Å². The Hall–Kier alpha value is -2.66. The molecule has 2 aliphatic heterocycles. The highest BCUT2D eigenvalue weighted by Crippen LogP contribution is 2.36. The number of thioether (sulfide) groups is 2. The van der Waals surface area contributed by atoms with Gasteiger partial charge in [-0.1, -0.05) is 23.5 Å². The van der Waals surface area contributed by atoms with E-state index in [1.54, 1.807) is 24.0 Å². The summed E-state index contributed by atoms with van der Waals surface area (Å²) in [5.74, 6) is 2.05. The number of amides is 1. The molecule has 0 spiro atoms. The topological polar surface area (TPSA) is 104 Å². The minimum absolute atomic E-state index is 0.0438. The zero-order chi connectivity index (χ0) is 20.2. The number of rotatable bonds is 7. The second kappa shape index (κ2) is 8.78. The zero-order valence-electron chi connectivity index (χ0n) is 15.5. The van der Waals surface area contributed by atoms with Crippen LogP contribution in [0.15, 0.2) is 38.9 Å². The Balaban J connectivity index is 1.35. The fraction of sp³-hybridized carbons (Fsp3) is 0.333. The van der Waals surface area contributed by atoms with Gasteiger partial charge in [-0.3, -0.25) is 4.79 Å². The molecule has 0 aliphatic carbocycles. The van der Waals surface area contributed by atoms with Crippen molar-refractivity contribution in [2.24, 2.45) is 0 Å². The van der Waals surface area contributed by atoms with Gasteiger partial charge in [-0.15, -0.1) is 10.2 Å². The molecule has 1 aromatic heterocycles. The first kappa shape index (κ1) is 19.6. The highest BCUT2D eigenvalue weighted by Gasteiger charge is 2.27. The number of nitrogens with zero attached hydrogens (tertiary/aromatic N) is 3. The lowest BCUT2D eigenvalue weighted by Gasteiger charge is -2.15. The van der Waals surface area contributed by atoms with Crippen LogP contribution in [0.3, 0.4) is 0 Å². The van der Waals surface area contributed by atoms with E-state index in [0.29, 0.717) is 52.3 Å². The lowest BCUT2D eigenvalue weighted by Crippen LogP contribution is -2.27. The van der Waals surface area contributed by atoms with Gasteiger partial charge in [0.15, 0.2) is 11.5 Å². The van der Waals surface area contributed by atoms with Crippen molar-refractivity contribution in [3.05, 3.63) is 29.3 Å². The van der Waals surface area contributed by atoms with E-state index in [9.17, 15) is 9.59 Å². The third kappa shape index (κ3) is 4.51. The smallest absolute Gasteiger partial charge is 0.333 e. The molecule has 3 heterocycles. The lowest BCUT2D eigenvalue weighted by molar-refractivity contribution is -0.137. The van der Waals surface area contributed by atoms with Crippen LogP contribution < -0.4 is 9.47 Å². The molecular weight excluding hydrogens is 418 g/mol. The monoisotopic (exact) mass is 435 g/mol. The van der Waals surface area contributed by atoms with Crippen LogP contribution in [0.25, 0.3) is 11.5 Å². The summed E-state index contributed by atoms with van der Waals surface area (Å²) in [5.41, 5.74) is 0.736. The summed E-state index contributed by atoms with van der Waals surface area (Å²) in [4.78, 5) is 25.3. The van der Waals surface area contributed by atoms with Gasteiger partial charge in [0.05, 0.1) is 23.5 Å². The first-order valence-electron chi connectivity index (χ1n) is 8.82. The molecule has 152 valence electrons. The Labute approximate surface area is 174 Å². The number of fused-ring (bicyclic) bond motifs is 1. The van der Waals surface area contributed by atoms with Gasteiger partial charge in [-0.2, -0.15) is 0 Å². The SMILES string of the molecule is CCOC(=O)/C=C1/SCC(=O)N1CCSc1nnc(-c2ccc3c(c2)OCO3)o1. The third-order valence-corrected chi connectivity index (χ3v) is 5.83. The van der Waals surface area contributed by atoms with Crippen molar-refractivity contribution < 1.29 is 28.2 Å². The summed E-state index contributed by atoms with van der Waals surface area (Å²) < 4.78 is 21.3. The molecule has 4 rings (SSSR count). The minimum atomic E-state index is -0.451. The van der Waals surface area contributed by atoms with Gasteiger partial charge in [0.2, 0.25) is 18.6 Å². The molecule has 1 amide bonds. The average molecular weight is 435 g/mol. The fourth-order valence-corrected chi connectivity index (χ4v) is 4.33. The lowest BCUT2D eigenvalue weighted by atomic mass is 10.2. The maximum atomic E-state index is 12.1. The van der Waals surface area contributed by atoms with Crippen LogP contribution in [0.1, 0.15) is 6.92 Å². The molecule has 9 nitrogen and oxygen atoms in total. The van der Waals surface area contributed by atoms with E-state index >= 15 is 0 Å². The second-order valence-corrected chi connectivity index (χ2v) is 7.90. The molecule has 0 atom stereocenters. The number of ether oxygens (including phenoxy) is 3. The first-order chi connectivity index (χ1) is 14.1. The maximum Gasteiger partial charge on any atom is 0.333 e. The van der Waals surface area contributed by atoms with E-state index in [1.807, 2.05) is 6.07 Å². The van der Waals surface area contributed by atoms with E-state index in [4.69, 9.17) is 18.6 Å². The minimum Gasteiger partial charge on any atom is -0.463 e. The number of aromatic nitrogens is 2. The number of esters is 1. The van der Waals surface area contributed by atoms with Crippen molar-refractivity contribution in [1.82, 2.24) is 15.1 Å². The zero-order valence-corrected chi connectivity index (χ0v) is 17.1. The Bertz CT molecular complexity index is 961. The number of carbonyl (C=O) groups is 2. The van der Waals surface area contributed by atoms with Crippen LogP contribution >= 0.6 is 23.5 Å². The Kier molecular flexibility index (Phi) is 5.95. The molecule has 1 saturated heterocycles. The van der Waals surface area contributed by atoms with E-state index in [1.165, 1.54) is 29.6 Å². The molecule has 29 heavy (non-hydrogen) atoms. The third-order valence-electron chi connectivity index (χ3n) is 4.00. The summed E-state index contributed by atoms with van der Waals surface area (Å²) in [5, 5.41) is 9.09. The van der Waals surface area contributed by atoms with Crippen LogP contribution in [0.5, 0.6) is 11.5 Å². The van der Waals surface area contributed by atoms with Crippen LogP contribution in [0.4, 0.5) is 0 Å². The quantitative estimate of drug-likeness (QED) is 0.366. The van der Waals surface area contributed by atoms with Gasteiger partial charge in [-0.25, -0.2) is 4.79 Å². The molecule has 0 saturated carbocycles. The maximum absolute atomic E-state index is 12.1. The molecular formula is C18H17N3O6S2. The first-order valence-corrected chi connectivity index (χ1v) is 10.8. The second-order valence-electron chi connectivity index (χ2n) is 5.86.